The number of hydrogen-bond donors (Lipinski definition) is 2. The van der Waals surface area contributed by atoms with E-state index >= 15 is 0 Å². The normalized spacial score (nSPS) is 23.4. The summed E-state index contributed by atoms with van der Waals surface area (Å²) >= 11 is 0. The van der Waals surface area contributed by atoms with E-state index in [0.717, 1.165) is 19.3 Å². The molecule has 0 aromatic heterocycles. The third-order valence-corrected chi connectivity index (χ3v) is 4.65. The number of carboxylic acids is 1. The number of hydrogen-bond acceptors (Lipinski definition) is 2. The Bertz CT molecular complexity index is 424. The quantitative estimate of drug-likeness (QED) is 0.820. The van der Waals surface area contributed by atoms with Gasteiger partial charge < -0.3 is 10.4 Å². The van der Waals surface area contributed by atoms with Crippen LogP contribution in [0.15, 0.2) is 0 Å². The lowest BCUT2D eigenvalue weighted by atomic mass is 9.69. The number of carboxylic acid groups (broad SMARTS) is 1. The van der Waals surface area contributed by atoms with Gasteiger partial charge in [-0.25, -0.2) is 0 Å². The van der Waals surface area contributed by atoms with Crippen LogP contribution in [0.2, 0.25) is 0 Å². The Morgan fingerprint density at radius 3 is 2.00 bits per heavy atom. The van der Waals surface area contributed by atoms with Crippen LogP contribution in [-0.2, 0) is 9.59 Å². The zero-order valence-electron chi connectivity index (χ0n) is 11.8. The molecular formula is C14H20F3NO3. The molecule has 2 saturated carbocycles. The van der Waals surface area contributed by atoms with E-state index in [1.165, 1.54) is 0 Å². The Kier molecular flexibility index (Phi) is 4.22. The van der Waals surface area contributed by atoms with Gasteiger partial charge >= 0.3 is 12.1 Å². The van der Waals surface area contributed by atoms with Crippen LogP contribution in [0, 0.1) is 5.41 Å². The summed E-state index contributed by atoms with van der Waals surface area (Å²) in [7, 11) is 0. The third-order valence-electron chi connectivity index (χ3n) is 4.65. The molecule has 1 amide bonds. The van der Waals surface area contributed by atoms with Crippen molar-refractivity contribution in [1.29, 1.82) is 0 Å². The Morgan fingerprint density at radius 1 is 1.00 bits per heavy atom. The number of carbonyl (C=O) groups excluding carboxylic acids is 1. The van der Waals surface area contributed by atoms with Crippen molar-refractivity contribution in [2.75, 3.05) is 0 Å². The van der Waals surface area contributed by atoms with E-state index in [2.05, 4.69) is 5.32 Å². The van der Waals surface area contributed by atoms with Gasteiger partial charge in [0.2, 0.25) is 5.91 Å². The van der Waals surface area contributed by atoms with Gasteiger partial charge in [-0.3, -0.25) is 9.59 Å². The summed E-state index contributed by atoms with van der Waals surface area (Å²) in [6.45, 7) is 0. The van der Waals surface area contributed by atoms with E-state index in [4.69, 9.17) is 5.11 Å². The average molecular weight is 307 g/mol. The number of carbonyl (C=O) groups is 2. The van der Waals surface area contributed by atoms with Crippen molar-refractivity contribution in [3.63, 3.8) is 0 Å². The van der Waals surface area contributed by atoms with Gasteiger partial charge in [0.15, 0.2) is 0 Å². The molecule has 0 aromatic carbocycles. The maximum absolute atomic E-state index is 12.8. The van der Waals surface area contributed by atoms with E-state index < -0.39 is 29.0 Å². The minimum atomic E-state index is -4.44. The number of nitrogens with one attached hydrogen (secondary N) is 1. The Hall–Kier alpha value is -1.27. The molecule has 0 spiro atoms. The van der Waals surface area contributed by atoms with Crippen LogP contribution >= 0.6 is 0 Å². The lowest BCUT2D eigenvalue weighted by Crippen LogP contribution is -2.49. The molecule has 2 fully saturated rings. The number of alkyl halides is 3. The summed E-state index contributed by atoms with van der Waals surface area (Å²) in [5.74, 6) is -1.67. The first-order chi connectivity index (χ1) is 9.68. The lowest BCUT2D eigenvalue weighted by molar-refractivity contribution is -0.171. The van der Waals surface area contributed by atoms with Crippen molar-refractivity contribution >= 4 is 11.9 Å². The summed E-state index contributed by atoms with van der Waals surface area (Å²) in [4.78, 5) is 23.0. The van der Waals surface area contributed by atoms with Crippen LogP contribution < -0.4 is 5.32 Å². The maximum Gasteiger partial charge on any atom is 0.411 e. The SMILES string of the molecule is O=C(O)CC1(CC(=O)NC2(C(F)(F)F)CC2)CCCCC1. The molecule has 0 aliphatic heterocycles. The van der Waals surface area contributed by atoms with Gasteiger partial charge in [-0.2, -0.15) is 13.2 Å². The smallest absolute Gasteiger partial charge is 0.411 e. The molecule has 0 saturated heterocycles. The molecule has 0 aromatic rings. The van der Waals surface area contributed by atoms with Crippen LogP contribution in [0.1, 0.15) is 57.8 Å². The van der Waals surface area contributed by atoms with E-state index in [-0.39, 0.29) is 25.7 Å². The van der Waals surface area contributed by atoms with Gasteiger partial charge in [-0.1, -0.05) is 19.3 Å². The number of halogens is 3. The Labute approximate surface area is 121 Å². The molecule has 2 aliphatic rings. The molecule has 7 heteroatoms. The summed E-state index contributed by atoms with van der Waals surface area (Å²) in [6.07, 6.45) is -1.09. The van der Waals surface area contributed by atoms with Crippen LogP contribution in [0.3, 0.4) is 0 Å². The van der Waals surface area contributed by atoms with Crippen molar-refractivity contribution in [2.24, 2.45) is 5.41 Å². The van der Waals surface area contributed by atoms with Crippen LogP contribution in [-0.4, -0.2) is 28.7 Å². The molecule has 0 bridgehead atoms. The Morgan fingerprint density at radius 2 is 1.57 bits per heavy atom. The second-order valence-electron chi connectivity index (χ2n) is 6.44. The molecule has 2 rings (SSSR count). The maximum atomic E-state index is 12.8. The van der Waals surface area contributed by atoms with Gasteiger partial charge in [0.1, 0.15) is 5.54 Å². The molecule has 0 heterocycles. The molecular weight excluding hydrogens is 287 g/mol. The highest BCUT2D eigenvalue weighted by Crippen LogP contribution is 2.49. The molecule has 2 N–H and O–H groups in total. The first-order valence-corrected chi connectivity index (χ1v) is 7.28. The fourth-order valence-corrected chi connectivity index (χ4v) is 3.29. The number of aliphatic carboxylic acids is 1. The summed E-state index contributed by atoms with van der Waals surface area (Å²) < 4.78 is 38.5. The molecule has 0 atom stereocenters. The van der Waals surface area contributed by atoms with Crippen LogP contribution in [0.5, 0.6) is 0 Å². The van der Waals surface area contributed by atoms with E-state index in [1.54, 1.807) is 0 Å². The van der Waals surface area contributed by atoms with Gasteiger partial charge in [0, 0.05) is 6.42 Å². The summed E-state index contributed by atoms with van der Waals surface area (Å²) in [5.41, 5.74) is -2.75. The molecule has 2 aliphatic carbocycles. The standard InChI is InChI=1S/C14H20F3NO3/c15-14(16,17)13(6-7-13)18-10(19)8-12(9-11(20)21)4-2-1-3-5-12/h1-9H2,(H,18,19)(H,20,21). The molecule has 4 nitrogen and oxygen atoms in total. The van der Waals surface area contributed by atoms with Gasteiger partial charge in [0.05, 0.1) is 6.42 Å². The molecule has 0 radical (unpaired) electrons. The predicted molar refractivity (Wildman–Crippen MR) is 68.6 cm³/mol. The van der Waals surface area contributed by atoms with Gasteiger partial charge in [0.25, 0.3) is 0 Å². The zero-order valence-corrected chi connectivity index (χ0v) is 11.8. The number of rotatable bonds is 5. The van der Waals surface area contributed by atoms with Crippen molar-refractivity contribution in [3.8, 4) is 0 Å². The first-order valence-electron chi connectivity index (χ1n) is 7.28. The topological polar surface area (TPSA) is 66.4 Å². The second-order valence-corrected chi connectivity index (χ2v) is 6.44. The highest BCUT2D eigenvalue weighted by Gasteiger charge is 2.64. The number of amides is 1. The monoisotopic (exact) mass is 307 g/mol. The molecule has 0 unspecified atom stereocenters. The fraction of sp³-hybridized carbons (Fsp3) is 0.857. The van der Waals surface area contributed by atoms with Gasteiger partial charge in [-0.05, 0) is 31.1 Å². The summed E-state index contributed by atoms with van der Waals surface area (Å²) in [5, 5.41) is 11.1. The largest absolute Gasteiger partial charge is 0.481 e. The summed E-state index contributed by atoms with van der Waals surface area (Å²) in [6, 6.07) is 0. The van der Waals surface area contributed by atoms with Crippen molar-refractivity contribution in [3.05, 3.63) is 0 Å². The third kappa shape index (κ3) is 3.68. The van der Waals surface area contributed by atoms with Crippen LogP contribution in [0.25, 0.3) is 0 Å². The van der Waals surface area contributed by atoms with Crippen molar-refractivity contribution in [1.82, 2.24) is 5.32 Å². The van der Waals surface area contributed by atoms with E-state index in [9.17, 15) is 22.8 Å². The lowest BCUT2D eigenvalue weighted by Gasteiger charge is -2.36. The van der Waals surface area contributed by atoms with E-state index in [1.807, 2.05) is 0 Å². The van der Waals surface area contributed by atoms with Crippen LogP contribution in [0.4, 0.5) is 13.2 Å². The Balaban J connectivity index is 2.00. The predicted octanol–water partition coefficient (Wildman–Crippen LogP) is 3.01. The second kappa shape index (κ2) is 5.50. The highest BCUT2D eigenvalue weighted by molar-refractivity contribution is 5.79. The minimum Gasteiger partial charge on any atom is -0.481 e. The highest BCUT2D eigenvalue weighted by atomic mass is 19.4. The fourth-order valence-electron chi connectivity index (χ4n) is 3.29. The van der Waals surface area contributed by atoms with Crippen molar-refractivity contribution in [2.45, 2.75) is 69.5 Å². The average Bonchev–Trinajstić information content (AvgIpc) is 3.08. The van der Waals surface area contributed by atoms with Crippen molar-refractivity contribution < 1.29 is 27.9 Å². The minimum absolute atomic E-state index is 0.0891. The molecule has 120 valence electrons. The zero-order chi connectivity index (χ0) is 15.7. The first kappa shape index (κ1) is 16.1. The molecule has 21 heavy (non-hydrogen) atoms. The van der Waals surface area contributed by atoms with Gasteiger partial charge in [-0.15, -0.1) is 0 Å². The van der Waals surface area contributed by atoms with E-state index in [0.29, 0.717) is 12.8 Å².